The Kier molecular flexibility index (Phi) is 6.73. The summed E-state index contributed by atoms with van der Waals surface area (Å²) in [4.78, 5) is 13.1. The topological polar surface area (TPSA) is 50.4 Å². The first-order valence-corrected chi connectivity index (χ1v) is 7.54. The van der Waals surface area contributed by atoms with Gasteiger partial charge in [-0.1, -0.05) is 13.0 Å². The van der Waals surface area contributed by atoms with Crippen LogP contribution in [-0.4, -0.2) is 32.0 Å². The molecule has 4 nitrogen and oxygen atoms in total. The lowest BCUT2D eigenvalue weighted by molar-refractivity contribution is 0.165. The van der Waals surface area contributed by atoms with Gasteiger partial charge in [-0.2, -0.15) is 0 Å². The molecule has 1 aromatic carbocycles. The average molecular weight is 282 g/mol. The second kappa shape index (κ2) is 8.07. The minimum absolute atomic E-state index is 0.0361. The first kappa shape index (κ1) is 15.9. The van der Waals surface area contributed by atoms with E-state index in [2.05, 4.69) is 10.6 Å². The first-order chi connectivity index (χ1) is 9.10. The van der Waals surface area contributed by atoms with E-state index in [1.165, 1.54) is 0 Å². The fourth-order valence-electron chi connectivity index (χ4n) is 1.67. The molecule has 0 radical (unpaired) electrons. The Bertz CT molecular complexity index is 424. The van der Waals surface area contributed by atoms with Gasteiger partial charge in [0, 0.05) is 17.7 Å². The van der Waals surface area contributed by atoms with Crippen molar-refractivity contribution >= 4 is 23.5 Å². The van der Waals surface area contributed by atoms with Crippen molar-refractivity contribution in [2.45, 2.75) is 31.2 Å². The third kappa shape index (κ3) is 5.12. The molecule has 0 aliphatic carbocycles. The first-order valence-electron chi connectivity index (χ1n) is 6.31. The maximum Gasteiger partial charge on any atom is 0.319 e. The quantitative estimate of drug-likeness (QED) is 0.787. The van der Waals surface area contributed by atoms with E-state index >= 15 is 0 Å². The molecule has 0 heterocycles. The van der Waals surface area contributed by atoms with Gasteiger partial charge >= 0.3 is 6.03 Å². The smallest absolute Gasteiger partial charge is 0.319 e. The molecule has 0 aromatic heterocycles. The number of thioether (sulfide) groups is 1. The highest BCUT2D eigenvalue weighted by atomic mass is 32.2. The van der Waals surface area contributed by atoms with Gasteiger partial charge in [-0.25, -0.2) is 4.79 Å². The number of benzene rings is 1. The Morgan fingerprint density at radius 1 is 1.47 bits per heavy atom. The van der Waals surface area contributed by atoms with Crippen LogP contribution in [0.2, 0.25) is 0 Å². The summed E-state index contributed by atoms with van der Waals surface area (Å²) in [5.74, 6) is 0. The molecule has 0 aliphatic rings. The van der Waals surface area contributed by atoms with Crippen molar-refractivity contribution in [3.63, 3.8) is 0 Å². The van der Waals surface area contributed by atoms with Crippen LogP contribution in [0.5, 0.6) is 0 Å². The van der Waals surface area contributed by atoms with Gasteiger partial charge in [0.15, 0.2) is 0 Å². The van der Waals surface area contributed by atoms with Crippen LogP contribution in [0.15, 0.2) is 23.1 Å². The standard InChI is InChI=1S/C14H22N2O2S/c1-5-11(9-18-3)15-14(17)16-13-8-12(19-4)7-6-10(13)2/h6-8,11H,5,9H2,1-4H3,(H2,15,16,17)/t11-/m0/s1. The largest absolute Gasteiger partial charge is 0.383 e. The van der Waals surface area contributed by atoms with E-state index < -0.39 is 0 Å². The van der Waals surface area contributed by atoms with E-state index in [1.807, 2.05) is 38.3 Å². The van der Waals surface area contributed by atoms with Crippen LogP contribution in [0.25, 0.3) is 0 Å². The molecule has 0 bridgehead atoms. The van der Waals surface area contributed by atoms with Gasteiger partial charge in [-0.05, 0) is 37.3 Å². The molecule has 0 saturated heterocycles. The molecular formula is C14H22N2O2S. The molecule has 0 saturated carbocycles. The molecule has 1 aromatic rings. The summed E-state index contributed by atoms with van der Waals surface area (Å²) in [6.07, 6.45) is 2.85. The monoisotopic (exact) mass is 282 g/mol. The predicted octanol–water partition coefficient (Wildman–Crippen LogP) is 3.26. The van der Waals surface area contributed by atoms with Gasteiger partial charge in [0.05, 0.1) is 12.6 Å². The van der Waals surface area contributed by atoms with E-state index in [-0.39, 0.29) is 12.1 Å². The lowest BCUT2D eigenvalue weighted by Crippen LogP contribution is -2.40. The summed E-state index contributed by atoms with van der Waals surface area (Å²) in [7, 11) is 1.63. The Hall–Kier alpha value is -1.20. The second-order valence-corrected chi connectivity index (χ2v) is 5.22. The Morgan fingerprint density at radius 3 is 2.79 bits per heavy atom. The van der Waals surface area contributed by atoms with Crippen molar-refractivity contribution in [2.24, 2.45) is 0 Å². The fraction of sp³-hybridized carbons (Fsp3) is 0.500. The van der Waals surface area contributed by atoms with Crippen LogP contribution in [0.1, 0.15) is 18.9 Å². The molecule has 1 atom stereocenters. The molecule has 5 heteroatoms. The number of aryl methyl sites for hydroxylation is 1. The van der Waals surface area contributed by atoms with Crippen molar-refractivity contribution < 1.29 is 9.53 Å². The summed E-state index contributed by atoms with van der Waals surface area (Å²) >= 11 is 1.65. The van der Waals surface area contributed by atoms with Gasteiger partial charge in [-0.15, -0.1) is 11.8 Å². The van der Waals surface area contributed by atoms with Crippen molar-refractivity contribution in [2.75, 3.05) is 25.3 Å². The van der Waals surface area contributed by atoms with Crippen LogP contribution in [0.4, 0.5) is 10.5 Å². The third-order valence-electron chi connectivity index (χ3n) is 2.89. The summed E-state index contributed by atoms with van der Waals surface area (Å²) in [5, 5.41) is 5.79. The molecule has 19 heavy (non-hydrogen) atoms. The van der Waals surface area contributed by atoms with Gasteiger partial charge in [0.25, 0.3) is 0 Å². The SMILES string of the molecule is CC[C@@H](COC)NC(=O)Nc1cc(SC)ccc1C. The molecule has 1 rings (SSSR count). The minimum atomic E-state index is -0.190. The molecular weight excluding hydrogens is 260 g/mol. The number of amides is 2. The fourth-order valence-corrected chi connectivity index (χ4v) is 2.11. The lowest BCUT2D eigenvalue weighted by atomic mass is 10.2. The Balaban J connectivity index is 2.65. The van der Waals surface area contributed by atoms with Gasteiger partial charge in [0.2, 0.25) is 0 Å². The molecule has 2 N–H and O–H groups in total. The van der Waals surface area contributed by atoms with E-state index in [0.717, 1.165) is 22.6 Å². The maximum atomic E-state index is 11.9. The van der Waals surface area contributed by atoms with Gasteiger partial charge < -0.3 is 15.4 Å². The highest BCUT2D eigenvalue weighted by molar-refractivity contribution is 7.98. The zero-order valence-electron chi connectivity index (χ0n) is 11.9. The average Bonchev–Trinajstić information content (AvgIpc) is 2.40. The molecule has 0 spiro atoms. The van der Waals surface area contributed by atoms with E-state index in [0.29, 0.717) is 6.61 Å². The van der Waals surface area contributed by atoms with Crippen LogP contribution in [0, 0.1) is 6.92 Å². The molecule has 2 amide bonds. The van der Waals surface area contributed by atoms with Crippen molar-refractivity contribution in [1.82, 2.24) is 5.32 Å². The lowest BCUT2D eigenvalue weighted by Gasteiger charge is -2.17. The Morgan fingerprint density at radius 2 is 2.21 bits per heavy atom. The predicted molar refractivity (Wildman–Crippen MR) is 81.1 cm³/mol. The maximum absolute atomic E-state index is 11.9. The molecule has 0 unspecified atom stereocenters. The van der Waals surface area contributed by atoms with E-state index in [9.17, 15) is 4.79 Å². The number of nitrogens with one attached hydrogen (secondary N) is 2. The number of anilines is 1. The second-order valence-electron chi connectivity index (χ2n) is 4.34. The number of urea groups is 1. The summed E-state index contributed by atoms with van der Waals surface area (Å²) in [5.41, 5.74) is 1.89. The summed E-state index contributed by atoms with van der Waals surface area (Å²) < 4.78 is 5.06. The summed E-state index contributed by atoms with van der Waals surface area (Å²) in [6, 6.07) is 5.88. The van der Waals surface area contributed by atoms with Crippen LogP contribution >= 0.6 is 11.8 Å². The zero-order valence-corrected chi connectivity index (χ0v) is 12.8. The highest BCUT2D eigenvalue weighted by Crippen LogP contribution is 2.22. The molecule has 0 aliphatic heterocycles. The number of rotatable bonds is 6. The number of hydrogen-bond donors (Lipinski definition) is 2. The van der Waals surface area contributed by atoms with Crippen LogP contribution < -0.4 is 10.6 Å². The summed E-state index contributed by atoms with van der Waals surface area (Å²) in [6.45, 7) is 4.52. The number of hydrogen-bond acceptors (Lipinski definition) is 3. The third-order valence-corrected chi connectivity index (χ3v) is 3.61. The van der Waals surface area contributed by atoms with Crippen molar-refractivity contribution in [3.8, 4) is 0 Å². The van der Waals surface area contributed by atoms with Gasteiger partial charge in [0.1, 0.15) is 0 Å². The number of methoxy groups -OCH3 is 1. The normalized spacial score (nSPS) is 12.0. The number of carbonyl (C=O) groups is 1. The number of ether oxygens (including phenoxy) is 1. The van der Waals surface area contributed by atoms with E-state index in [1.54, 1.807) is 18.9 Å². The van der Waals surface area contributed by atoms with Gasteiger partial charge in [-0.3, -0.25) is 0 Å². The van der Waals surface area contributed by atoms with Crippen molar-refractivity contribution in [1.29, 1.82) is 0 Å². The highest BCUT2D eigenvalue weighted by Gasteiger charge is 2.11. The zero-order chi connectivity index (χ0) is 14.3. The number of carbonyl (C=O) groups excluding carboxylic acids is 1. The minimum Gasteiger partial charge on any atom is -0.383 e. The molecule has 0 fully saturated rings. The van der Waals surface area contributed by atoms with Crippen LogP contribution in [-0.2, 0) is 4.74 Å². The Labute approximate surface area is 119 Å². The van der Waals surface area contributed by atoms with E-state index in [4.69, 9.17) is 4.74 Å². The van der Waals surface area contributed by atoms with Crippen LogP contribution in [0.3, 0.4) is 0 Å². The van der Waals surface area contributed by atoms with Crippen molar-refractivity contribution in [3.05, 3.63) is 23.8 Å². The molecule has 106 valence electrons.